The van der Waals surface area contributed by atoms with Gasteiger partial charge >= 0.3 is 0 Å². The molecule has 0 saturated heterocycles. The molecule has 0 aliphatic heterocycles. The number of hydrogen-bond acceptors (Lipinski definition) is 4. The molecular weight excluding hydrogens is 588 g/mol. The van der Waals surface area contributed by atoms with Crippen LogP contribution in [-0.4, -0.2) is 9.97 Å². The highest BCUT2D eigenvalue weighted by Crippen LogP contribution is 2.40. The molecule has 0 bridgehead atoms. The number of oxazole rings is 1. The Morgan fingerprint density at radius 2 is 1.00 bits per heavy atom. The van der Waals surface area contributed by atoms with Crippen LogP contribution in [0.25, 0.3) is 99.7 Å². The van der Waals surface area contributed by atoms with E-state index in [2.05, 4.69) is 115 Å². The second-order valence-electron chi connectivity index (χ2n) is 12.2. The number of pyridine rings is 1. The van der Waals surface area contributed by atoms with E-state index < -0.39 is 0 Å². The lowest BCUT2D eigenvalue weighted by molar-refractivity contribution is 0.620. The maximum atomic E-state index is 6.51. The van der Waals surface area contributed by atoms with Crippen molar-refractivity contribution < 1.29 is 8.83 Å². The highest BCUT2D eigenvalue weighted by Gasteiger charge is 2.18. The zero-order valence-corrected chi connectivity index (χ0v) is 25.7. The van der Waals surface area contributed by atoms with E-state index in [9.17, 15) is 0 Å². The molecule has 4 heteroatoms. The van der Waals surface area contributed by atoms with Crippen molar-refractivity contribution in [2.45, 2.75) is 0 Å². The van der Waals surface area contributed by atoms with E-state index in [0.29, 0.717) is 11.5 Å². The minimum Gasteiger partial charge on any atom is -0.454 e. The summed E-state index contributed by atoms with van der Waals surface area (Å²) in [7, 11) is 0. The van der Waals surface area contributed by atoms with Gasteiger partial charge in [-0.05, 0) is 87.3 Å². The molecule has 0 fully saturated rings. The van der Waals surface area contributed by atoms with E-state index in [0.717, 1.165) is 77.4 Å². The highest BCUT2D eigenvalue weighted by molar-refractivity contribution is 6.19. The maximum Gasteiger partial charge on any atom is 0.227 e. The molecule has 4 nitrogen and oxygen atoms in total. The molecule has 0 aliphatic rings. The minimum atomic E-state index is 0.586. The van der Waals surface area contributed by atoms with Gasteiger partial charge in [-0.2, -0.15) is 0 Å². The summed E-state index contributed by atoms with van der Waals surface area (Å²) in [6.07, 6.45) is 0. The first-order valence-corrected chi connectivity index (χ1v) is 16.1. The van der Waals surface area contributed by atoms with Crippen LogP contribution in [0.5, 0.6) is 0 Å². The monoisotopic (exact) mass is 614 g/mol. The Balaban J connectivity index is 1.16. The number of aromatic nitrogens is 2. The van der Waals surface area contributed by atoms with Crippen LogP contribution >= 0.6 is 0 Å². The lowest BCUT2D eigenvalue weighted by Gasteiger charge is -2.12. The second-order valence-corrected chi connectivity index (χ2v) is 12.2. The zero-order valence-electron chi connectivity index (χ0n) is 25.7. The fourth-order valence-corrected chi connectivity index (χ4v) is 6.87. The summed E-state index contributed by atoms with van der Waals surface area (Å²) >= 11 is 0. The molecule has 3 heterocycles. The normalized spacial score (nSPS) is 11.8. The van der Waals surface area contributed by atoms with Gasteiger partial charge < -0.3 is 8.83 Å². The molecule has 10 rings (SSSR count). The molecule has 0 aliphatic carbocycles. The third-order valence-corrected chi connectivity index (χ3v) is 9.27. The Morgan fingerprint density at radius 3 is 1.77 bits per heavy atom. The highest BCUT2D eigenvalue weighted by atomic mass is 16.4. The smallest absolute Gasteiger partial charge is 0.227 e. The molecule has 7 aromatic carbocycles. The van der Waals surface area contributed by atoms with Crippen molar-refractivity contribution in [3.8, 4) is 45.1 Å². The van der Waals surface area contributed by atoms with E-state index in [1.165, 1.54) is 10.8 Å². The van der Waals surface area contributed by atoms with Crippen molar-refractivity contribution >= 4 is 54.6 Å². The van der Waals surface area contributed by atoms with Gasteiger partial charge in [0.1, 0.15) is 5.58 Å². The lowest BCUT2D eigenvalue weighted by atomic mass is 9.96. The Labute approximate surface area is 275 Å². The first-order chi connectivity index (χ1) is 23.7. The summed E-state index contributed by atoms with van der Waals surface area (Å²) in [5.74, 6) is 0.586. The summed E-state index contributed by atoms with van der Waals surface area (Å²) in [6, 6.07) is 54.7. The average Bonchev–Trinajstić information content (AvgIpc) is 3.76. The average molecular weight is 615 g/mol. The first-order valence-electron chi connectivity index (χ1n) is 16.1. The SMILES string of the molecule is c1ccc(-c2cc(-c3ccccc3)nc(-c3ccc4ccc5cc6oc7c(ccc8oc(-c9ccccc9)nc87)c6cc5c4c3)c2)cc1. The molecule has 0 spiro atoms. The van der Waals surface area contributed by atoms with Gasteiger partial charge in [-0.15, -0.1) is 0 Å². The first kappa shape index (κ1) is 26.7. The Morgan fingerprint density at radius 1 is 0.354 bits per heavy atom. The molecule has 0 amide bonds. The summed E-state index contributed by atoms with van der Waals surface area (Å²) in [6.45, 7) is 0. The fraction of sp³-hybridized carbons (Fsp3) is 0. The van der Waals surface area contributed by atoms with Gasteiger partial charge in [0.05, 0.1) is 11.4 Å². The molecule has 0 radical (unpaired) electrons. The zero-order chi connectivity index (χ0) is 31.6. The minimum absolute atomic E-state index is 0.586. The maximum absolute atomic E-state index is 6.51. The molecule has 0 unspecified atom stereocenters. The molecular formula is C44H26N2O2. The number of fused-ring (bicyclic) bond motifs is 8. The standard InChI is InChI=1S/C44H26N2O2/c1-4-10-27(11-5-1)33-23-38(29-12-6-2-7-13-29)45-39(24-33)32-19-17-28-16-18-31-25-41-37(26-36(31)35(28)22-32)34-20-21-40-42(43(34)47-41)46-44(48-40)30-14-8-3-9-15-30/h1-26H. The van der Waals surface area contributed by atoms with Gasteiger partial charge in [0, 0.05) is 27.5 Å². The second kappa shape index (κ2) is 10.5. The van der Waals surface area contributed by atoms with Crippen molar-refractivity contribution in [2.24, 2.45) is 0 Å². The van der Waals surface area contributed by atoms with Crippen LogP contribution in [0.2, 0.25) is 0 Å². The molecule has 0 atom stereocenters. The fourth-order valence-electron chi connectivity index (χ4n) is 6.87. The number of rotatable bonds is 4. The van der Waals surface area contributed by atoms with E-state index in [-0.39, 0.29) is 0 Å². The Bertz CT molecular complexity index is 2760. The molecule has 10 aromatic rings. The van der Waals surface area contributed by atoms with Crippen molar-refractivity contribution in [3.05, 3.63) is 158 Å². The van der Waals surface area contributed by atoms with Crippen molar-refractivity contribution in [1.29, 1.82) is 0 Å². The molecule has 48 heavy (non-hydrogen) atoms. The third kappa shape index (κ3) is 4.31. The van der Waals surface area contributed by atoms with Crippen LogP contribution < -0.4 is 0 Å². The van der Waals surface area contributed by atoms with E-state index in [1.807, 2.05) is 42.5 Å². The number of hydrogen-bond donors (Lipinski definition) is 0. The summed E-state index contributed by atoms with van der Waals surface area (Å²) in [5.41, 5.74) is 10.3. The van der Waals surface area contributed by atoms with Gasteiger partial charge in [-0.3, -0.25) is 0 Å². The molecule has 3 aromatic heterocycles. The van der Waals surface area contributed by atoms with E-state index in [4.69, 9.17) is 18.8 Å². The van der Waals surface area contributed by atoms with E-state index in [1.54, 1.807) is 0 Å². The predicted molar refractivity (Wildman–Crippen MR) is 196 cm³/mol. The van der Waals surface area contributed by atoms with Crippen LogP contribution in [0.15, 0.2) is 167 Å². The Kier molecular flexibility index (Phi) is 5.84. The number of furan rings is 1. The van der Waals surface area contributed by atoms with Crippen molar-refractivity contribution in [3.63, 3.8) is 0 Å². The quantitative estimate of drug-likeness (QED) is 0.185. The van der Waals surface area contributed by atoms with Crippen LogP contribution in [0.3, 0.4) is 0 Å². The van der Waals surface area contributed by atoms with Crippen LogP contribution in [0.4, 0.5) is 0 Å². The number of benzene rings is 7. The molecule has 0 N–H and O–H groups in total. The van der Waals surface area contributed by atoms with Gasteiger partial charge in [0.2, 0.25) is 5.89 Å². The van der Waals surface area contributed by atoms with Gasteiger partial charge in [-0.1, -0.05) is 103 Å². The van der Waals surface area contributed by atoms with Gasteiger partial charge in [0.15, 0.2) is 16.7 Å². The van der Waals surface area contributed by atoms with Gasteiger partial charge in [0.25, 0.3) is 0 Å². The topological polar surface area (TPSA) is 52.1 Å². The summed E-state index contributed by atoms with van der Waals surface area (Å²) in [4.78, 5) is 10.1. The van der Waals surface area contributed by atoms with Crippen LogP contribution in [0.1, 0.15) is 0 Å². The predicted octanol–water partition coefficient (Wildman–Crippen LogP) is 12.1. The Hall–Kier alpha value is -6.52. The van der Waals surface area contributed by atoms with E-state index >= 15 is 0 Å². The third-order valence-electron chi connectivity index (χ3n) is 9.27. The number of nitrogens with zero attached hydrogens (tertiary/aromatic N) is 2. The lowest BCUT2D eigenvalue weighted by Crippen LogP contribution is -1.91. The van der Waals surface area contributed by atoms with Gasteiger partial charge in [-0.25, -0.2) is 9.97 Å². The largest absolute Gasteiger partial charge is 0.454 e. The van der Waals surface area contributed by atoms with Crippen molar-refractivity contribution in [1.82, 2.24) is 9.97 Å². The molecule has 0 saturated carbocycles. The molecule has 224 valence electrons. The summed E-state index contributed by atoms with van der Waals surface area (Å²) in [5, 5.41) is 6.69. The van der Waals surface area contributed by atoms with Crippen molar-refractivity contribution in [2.75, 3.05) is 0 Å². The van der Waals surface area contributed by atoms with Crippen LogP contribution in [0, 0.1) is 0 Å². The summed E-state index contributed by atoms with van der Waals surface area (Å²) < 4.78 is 12.7. The van der Waals surface area contributed by atoms with Crippen LogP contribution in [-0.2, 0) is 0 Å².